The third kappa shape index (κ3) is 3.80. The van der Waals surface area contributed by atoms with Gasteiger partial charge >= 0.3 is 0 Å². The number of nitrogens with zero attached hydrogens (tertiary/aromatic N) is 2. The molecule has 1 aromatic rings. The van der Waals surface area contributed by atoms with Crippen LogP contribution in [0.3, 0.4) is 0 Å². The molecule has 1 saturated carbocycles. The van der Waals surface area contributed by atoms with E-state index < -0.39 is 0 Å². The number of aromatic nitrogens is 1. The van der Waals surface area contributed by atoms with Crippen molar-refractivity contribution in [2.75, 3.05) is 13.2 Å². The zero-order chi connectivity index (χ0) is 13.9. The Labute approximate surface area is 115 Å². The SMILES string of the molecule is CC(C)(C)c1cnc(CN(CCCO)C2CCC2)o1. The van der Waals surface area contributed by atoms with Crippen LogP contribution in [-0.4, -0.2) is 34.2 Å². The highest BCUT2D eigenvalue weighted by molar-refractivity contribution is 5.06. The third-order valence-electron chi connectivity index (χ3n) is 3.83. The lowest BCUT2D eigenvalue weighted by atomic mass is 9.91. The van der Waals surface area contributed by atoms with Gasteiger partial charge in [-0.15, -0.1) is 0 Å². The normalized spacial score (nSPS) is 16.9. The van der Waals surface area contributed by atoms with E-state index in [9.17, 15) is 0 Å². The first-order valence-electron chi connectivity index (χ1n) is 7.31. The van der Waals surface area contributed by atoms with Crippen LogP contribution in [0.5, 0.6) is 0 Å². The maximum atomic E-state index is 9.00. The third-order valence-corrected chi connectivity index (χ3v) is 3.83. The summed E-state index contributed by atoms with van der Waals surface area (Å²) in [5.74, 6) is 1.74. The Bertz CT molecular complexity index is 391. The van der Waals surface area contributed by atoms with E-state index in [1.54, 1.807) is 0 Å². The lowest BCUT2D eigenvalue weighted by Gasteiger charge is -2.36. The van der Waals surface area contributed by atoms with Crippen molar-refractivity contribution in [2.24, 2.45) is 0 Å². The minimum absolute atomic E-state index is 0.0116. The van der Waals surface area contributed by atoms with Gasteiger partial charge in [0, 0.05) is 24.6 Å². The summed E-state index contributed by atoms with van der Waals surface area (Å²) in [5.41, 5.74) is 0.0116. The Balaban J connectivity index is 1.97. The Morgan fingerprint density at radius 2 is 2.16 bits per heavy atom. The number of rotatable bonds is 6. The van der Waals surface area contributed by atoms with Crippen molar-refractivity contribution in [3.63, 3.8) is 0 Å². The van der Waals surface area contributed by atoms with Crippen LogP contribution in [0, 0.1) is 0 Å². The Morgan fingerprint density at radius 3 is 2.63 bits per heavy atom. The molecule has 0 unspecified atom stereocenters. The topological polar surface area (TPSA) is 49.5 Å². The van der Waals surface area contributed by atoms with Gasteiger partial charge in [-0.1, -0.05) is 27.2 Å². The summed E-state index contributed by atoms with van der Waals surface area (Å²) >= 11 is 0. The minimum Gasteiger partial charge on any atom is -0.444 e. The van der Waals surface area contributed by atoms with Crippen LogP contribution in [0.15, 0.2) is 10.6 Å². The lowest BCUT2D eigenvalue weighted by molar-refractivity contribution is 0.0986. The fourth-order valence-corrected chi connectivity index (χ4v) is 2.32. The second-order valence-electron chi connectivity index (χ2n) is 6.50. The van der Waals surface area contributed by atoms with Crippen LogP contribution in [0.25, 0.3) is 0 Å². The van der Waals surface area contributed by atoms with E-state index in [1.807, 2.05) is 6.20 Å². The summed E-state index contributed by atoms with van der Waals surface area (Å²) in [6.07, 6.45) is 6.51. The first-order chi connectivity index (χ1) is 9.00. The summed E-state index contributed by atoms with van der Waals surface area (Å²) < 4.78 is 5.86. The van der Waals surface area contributed by atoms with Crippen LogP contribution in [-0.2, 0) is 12.0 Å². The summed E-state index contributed by atoms with van der Waals surface area (Å²) in [7, 11) is 0. The molecule has 4 heteroatoms. The second-order valence-corrected chi connectivity index (χ2v) is 6.50. The average molecular weight is 266 g/mol. The molecule has 108 valence electrons. The molecule has 0 radical (unpaired) electrons. The maximum absolute atomic E-state index is 9.00. The summed E-state index contributed by atoms with van der Waals surface area (Å²) in [6, 6.07) is 0.650. The van der Waals surface area contributed by atoms with Gasteiger partial charge in [-0.2, -0.15) is 0 Å². The van der Waals surface area contributed by atoms with Crippen molar-refractivity contribution in [3.8, 4) is 0 Å². The predicted octanol–water partition coefficient (Wildman–Crippen LogP) is 2.71. The standard InChI is InChI=1S/C15H26N2O2/c1-15(2,3)13-10-16-14(19-13)11-17(8-5-9-18)12-6-4-7-12/h10,12,18H,4-9,11H2,1-3H3. The van der Waals surface area contributed by atoms with Gasteiger partial charge in [0.15, 0.2) is 0 Å². The lowest BCUT2D eigenvalue weighted by Crippen LogP contribution is -2.40. The molecular formula is C15H26N2O2. The molecule has 4 nitrogen and oxygen atoms in total. The highest BCUT2D eigenvalue weighted by Crippen LogP contribution is 2.27. The van der Waals surface area contributed by atoms with Crippen molar-refractivity contribution < 1.29 is 9.52 Å². The van der Waals surface area contributed by atoms with Gasteiger partial charge in [0.05, 0.1) is 12.7 Å². The van der Waals surface area contributed by atoms with Crippen LogP contribution < -0.4 is 0 Å². The molecule has 0 saturated heterocycles. The van der Waals surface area contributed by atoms with E-state index >= 15 is 0 Å². The fraction of sp³-hybridized carbons (Fsp3) is 0.800. The van der Waals surface area contributed by atoms with Gasteiger partial charge in [0.1, 0.15) is 5.76 Å². The minimum atomic E-state index is 0.0116. The van der Waals surface area contributed by atoms with Gasteiger partial charge in [-0.25, -0.2) is 4.98 Å². The van der Waals surface area contributed by atoms with E-state index in [0.717, 1.165) is 31.2 Å². The largest absolute Gasteiger partial charge is 0.444 e. The number of hydrogen-bond donors (Lipinski definition) is 1. The number of aliphatic hydroxyl groups is 1. The summed E-state index contributed by atoms with van der Waals surface area (Å²) in [4.78, 5) is 6.80. The number of oxazole rings is 1. The van der Waals surface area contributed by atoms with Gasteiger partial charge in [-0.3, -0.25) is 4.90 Å². The zero-order valence-corrected chi connectivity index (χ0v) is 12.4. The Kier molecular flexibility index (Phi) is 4.63. The van der Waals surface area contributed by atoms with Crippen LogP contribution >= 0.6 is 0 Å². The highest BCUT2D eigenvalue weighted by Gasteiger charge is 2.26. The molecule has 0 amide bonds. The van der Waals surface area contributed by atoms with Crippen molar-refractivity contribution in [2.45, 2.75) is 64.5 Å². The maximum Gasteiger partial charge on any atom is 0.208 e. The van der Waals surface area contributed by atoms with Crippen molar-refractivity contribution in [3.05, 3.63) is 17.8 Å². The van der Waals surface area contributed by atoms with E-state index in [4.69, 9.17) is 9.52 Å². The molecule has 0 bridgehead atoms. The molecule has 1 heterocycles. The van der Waals surface area contributed by atoms with Crippen molar-refractivity contribution in [1.82, 2.24) is 9.88 Å². The van der Waals surface area contributed by atoms with Crippen molar-refractivity contribution >= 4 is 0 Å². The van der Waals surface area contributed by atoms with Gasteiger partial charge in [-0.05, 0) is 19.3 Å². The van der Waals surface area contributed by atoms with Crippen molar-refractivity contribution in [1.29, 1.82) is 0 Å². The van der Waals surface area contributed by atoms with Crippen LogP contribution in [0.2, 0.25) is 0 Å². The number of aliphatic hydroxyl groups excluding tert-OH is 1. The van der Waals surface area contributed by atoms with E-state index in [2.05, 4.69) is 30.7 Å². The van der Waals surface area contributed by atoms with Gasteiger partial charge in [0.25, 0.3) is 0 Å². The molecule has 0 atom stereocenters. The highest BCUT2D eigenvalue weighted by atomic mass is 16.4. The molecule has 19 heavy (non-hydrogen) atoms. The first kappa shape index (κ1) is 14.5. The quantitative estimate of drug-likeness (QED) is 0.860. The molecule has 0 aromatic carbocycles. The fourth-order valence-electron chi connectivity index (χ4n) is 2.32. The van der Waals surface area contributed by atoms with Gasteiger partial charge in [0.2, 0.25) is 5.89 Å². The Hall–Kier alpha value is -0.870. The molecule has 1 aliphatic rings. The first-order valence-corrected chi connectivity index (χ1v) is 7.31. The average Bonchev–Trinajstić information content (AvgIpc) is 2.71. The summed E-state index contributed by atoms with van der Waals surface area (Å²) in [5, 5.41) is 9.00. The monoisotopic (exact) mass is 266 g/mol. The smallest absolute Gasteiger partial charge is 0.208 e. The van der Waals surface area contributed by atoms with Crippen LogP contribution in [0.4, 0.5) is 0 Å². The molecule has 1 fully saturated rings. The molecule has 1 aliphatic carbocycles. The Morgan fingerprint density at radius 1 is 1.42 bits per heavy atom. The van der Waals surface area contributed by atoms with E-state index in [1.165, 1.54) is 19.3 Å². The van der Waals surface area contributed by atoms with Crippen LogP contribution in [0.1, 0.15) is 58.1 Å². The molecular weight excluding hydrogens is 240 g/mol. The predicted molar refractivity (Wildman–Crippen MR) is 75.0 cm³/mol. The van der Waals surface area contributed by atoms with E-state index in [-0.39, 0.29) is 12.0 Å². The van der Waals surface area contributed by atoms with Gasteiger partial charge < -0.3 is 9.52 Å². The molecule has 0 aliphatic heterocycles. The molecule has 2 rings (SSSR count). The number of hydrogen-bond acceptors (Lipinski definition) is 4. The zero-order valence-electron chi connectivity index (χ0n) is 12.4. The summed E-state index contributed by atoms with van der Waals surface area (Å²) in [6.45, 7) is 8.34. The second kappa shape index (κ2) is 6.06. The molecule has 1 aromatic heterocycles. The molecule has 0 spiro atoms. The molecule has 1 N–H and O–H groups in total. The van der Waals surface area contributed by atoms with E-state index in [0.29, 0.717) is 6.04 Å².